The summed E-state index contributed by atoms with van der Waals surface area (Å²) < 4.78 is 0. The highest BCUT2D eigenvalue weighted by Gasteiger charge is 2.11. The van der Waals surface area contributed by atoms with Crippen LogP contribution in [0.25, 0.3) is 0 Å². The first-order valence-corrected chi connectivity index (χ1v) is 7.97. The lowest BCUT2D eigenvalue weighted by Gasteiger charge is -2.18. The van der Waals surface area contributed by atoms with Gasteiger partial charge in [0.25, 0.3) is 0 Å². The molecule has 0 aliphatic carbocycles. The van der Waals surface area contributed by atoms with Crippen molar-refractivity contribution in [2.75, 3.05) is 18.9 Å². The molecular formula is C20H26N2O. The van der Waals surface area contributed by atoms with Gasteiger partial charge in [0.2, 0.25) is 5.91 Å². The Bertz CT molecular complexity index is 684. The van der Waals surface area contributed by atoms with E-state index in [0.29, 0.717) is 6.54 Å². The summed E-state index contributed by atoms with van der Waals surface area (Å²) in [6, 6.07) is 12.6. The van der Waals surface area contributed by atoms with Crippen LogP contribution in [0.15, 0.2) is 36.4 Å². The minimum atomic E-state index is 0.0233. The van der Waals surface area contributed by atoms with Crippen LogP contribution in [0, 0.1) is 27.7 Å². The van der Waals surface area contributed by atoms with Crippen molar-refractivity contribution in [2.24, 2.45) is 0 Å². The maximum atomic E-state index is 12.3. The van der Waals surface area contributed by atoms with Gasteiger partial charge in [-0.05, 0) is 51.4 Å². The number of hydrogen-bond acceptors (Lipinski definition) is 2. The van der Waals surface area contributed by atoms with Crippen molar-refractivity contribution < 1.29 is 4.79 Å². The van der Waals surface area contributed by atoms with Gasteiger partial charge in [0.05, 0.1) is 6.54 Å². The Hall–Kier alpha value is -2.13. The van der Waals surface area contributed by atoms with Gasteiger partial charge in [-0.25, -0.2) is 0 Å². The summed E-state index contributed by atoms with van der Waals surface area (Å²) in [6.45, 7) is 9.36. The number of likely N-dealkylation sites (N-methyl/N-ethyl adjacent to an activating group) is 1. The molecule has 3 nitrogen and oxygen atoms in total. The summed E-state index contributed by atoms with van der Waals surface area (Å²) in [5, 5.41) is 3.05. The van der Waals surface area contributed by atoms with Crippen molar-refractivity contribution in [1.29, 1.82) is 0 Å². The average Bonchev–Trinajstić information content (AvgIpc) is 2.42. The number of carbonyl (C=O) groups is 1. The molecule has 0 saturated heterocycles. The smallest absolute Gasteiger partial charge is 0.238 e. The second kappa shape index (κ2) is 7.42. The standard InChI is InChI=1S/C20H26N2O/c1-14-7-6-8-18(11-14)12-22(5)13-19(23)21-20-16(3)9-15(2)10-17(20)4/h6-11H,12-13H2,1-5H3,(H,21,23). The first-order chi connectivity index (χ1) is 10.8. The average molecular weight is 310 g/mol. The highest BCUT2D eigenvalue weighted by atomic mass is 16.2. The molecule has 0 atom stereocenters. The molecule has 2 aromatic carbocycles. The van der Waals surface area contributed by atoms with Gasteiger partial charge in [-0.1, -0.05) is 47.5 Å². The number of benzene rings is 2. The first-order valence-electron chi connectivity index (χ1n) is 7.97. The van der Waals surface area contributed by atoms with Crippen molar-refractivity contribution in [1.82, 2.24) is 4.90 Å². The number of amides is 1. The number of anilines is 1. The third-order valence-corrected chi connectivity index (χ3v) is 3.89. The van der Waals surface area contributed by atoms with Crippen LogP contribution >= 0.6 is 0 Å². The van der Waals surface area contributed by atoms with Gasteiger partial charge in [-0.15, -0.1) is 0 Å². The molecule has 2 rings (SSSR count). The number of nitrogens with one attached hydrogen (secondary N) is 1. The molecule has 1 amide bonds. The number of aryl methyl sites for hydroxylation is 4. The van der Waals surface area contributed by atoms with E-state index in [1.54, 1.807) is 0 Å². The molecule has 0 fully saturated rings. The first kappa shape index (κ1) is 17.2. The van der Waals surface area contributed by atoms with E-state index in [1.165, 1.54) is 16.7 Å². The fourth-order valence-corrected chi connectivity index (χ4v) is 2.98. The topological polar surface area (TPSA) is 32.3 Å². The minimum absolute atomic E-state index is 0.0233. The summed E-state index contributed by atoms with van der Waals surface area (Å²) in [7, 11) is 1.97. The molecular weight excluding hydrogens is 284 g/mol. The van der Waals surface area contributed by atoms with Crippen molar-refractivity contribution >= 4 is 11.6 Å². The number of nitrogens with zero attached hydrogens (tertiary/aromatic N) is 1. The molecule has 122 valence electrons. The lowest BCUT2D eigenvalue weighted by atomic mass is 10.1. The summed E-state index contributed by atoms with van der Waals surface area (Å²) in [5.74, 6) is 0.0233. The highest BCUT2D eigenvalue weighted by molar-refractivity contribution is 5.93. The second-order valence-electron chi connectivity index (χ2n) is 6.48. The van der Waals surface area contributed by atoms with Crippen LogP contribution < -0.4 is 5.32 Å². The third-order valence-electron chi connectivity index (χ3n) is 3.89. The van der Waals surface area contributed by atoms with Crippen LogP contribution in [0.3, 0.4) is 0 Å². The fourth-order valence-electron chi connectivity index (χ4n) is 2.98. The molecule has 0 bridgehead atoms. The lowest BCUT2D eigenvalue weighted by Crippen LogP contribution is -2.30. The SMILES string of the molecule is Cc1cccc(CN(C)CC(=O)Nc2c(C)cc(C)cc2C)c1. The summed E-state index contributed by atoms with van der Waals surface area (Å²) in [5.41, 5.74) is 6.84. The summed E-state index contributed by atoms with van der Waals surface area (Å²) >= 11 is 0. The summed E-state index contributed by atoms with van der Waals surface area (Å²) in [4.78, 5) is 14.3. The molecule has 0 aliphatic heterocycles. The Labute approximate surface area is 139 Å². The van der Waals surface area contributed by atoms with Gasteiger partial charge in [0, 0.05) is 12.2 Å². The van der Waals surface area contributed by atoms with E-state index in [-0.39, 0.29) is 5.91 Å². The van der Waals surface area contributed by atoms with Crippen molar-refractivity contribution in [3.63, 3.8) is 0 Å². The molecule has 23 heavy (non-hydrogen) atoms. The van der Waals surface area contributed by atoms with E-state index in [1.807, 2.05) is 25.8 Å². The maximum absolute atomic E-state index is 12.3. The van der Waals surface area contributed by atoms with Crippen LogP contribution in [0.2, 0.25) is 0 Å². The second-order valence-corrected chi connectivity index (χ2v) is 6.48. The van der Waals surface area contributed by atoms with Gasteiger partial charge < -0.3 is 5.32 Å². The normalized spacial score (nSPS) is 10.9. The van der Waals surface area contributed by atoms with Gasteiger partial charge in [-0.2, -0.15) is 0 Å². The number of rotatable bonds is 5. The predicted molar refractivity (Wildman–Crippen MR) is 96.8 cm³/mol. The van der Waals surface area contributed by atoms with E-state index >= 15 is 0 Å². The Kier molecular flexibility index (Phi) is 5.56. The largest absolute Gasteiger partial charge is 0.324 e. The van der Waals surface area contributed by atoms with Crippen LogP contribution in [0.5, 0.6) is 0 Å². The number of carbonyl (C=O) groups excluding carboxylic acids is 1. The molecule has 3 heteroatoms. The Morgan fingerprint density at radius 1 is 1.00 bits per heavy atom. The molecule has 0 heterocycles. The Balaban J connectivity index is 1.97. The molecule has 0 saturated carbocycles. The quantitative estimate of drug-likeness (QED) is 0.905. The zero-order valence-corrected chi connectivity index (χ0v) is 14.7. The van der Waals surface area contributed by atoms with E-state index < -0.39 is 0 Å². The number of hydrogen-bond donors (Lipinski definition) is 1. The molecule has 0 aliphatic rings. The van der Waals surface area contributed by atoms with E-state index in [0.717, 1.165) is 23.4 Å². The Morgan fingerprint density at radius 2 is 1.65 bits per heavy atom. The highest BCUT2D eigenvalue weighted by Crippen LogP contribution is 2.21. The Morgan fingerprint density at radius 3 is 2.26 bits per heavy atom. The van der Waals surface area contributed by atoms with Crippen molar-refractivity contribution in [2.45, 2.75) is 34.2 Å². The molecule has 1 N–H and O–H groups in total. The van der Waals surface area contributed by atoms with Crippen molar-refractivity contribution in [3.8, 4) is 0 Å². The van der Waals surface area contributed by atoms with Gasteiger partial charge >= 0.3 is 0 Å². The van der Waals surface area contributed by atoms with Crippen LogP contribution in [0.4, 0.5) is 5.69 Å². The molecule has 2 aromatic rings. The van der Waals surface area contributed by atoms with Crippen LogP contribution in [-0.2, 0) is 11.3 Å². The molecule has 0 spiro atoms. The molecule has 0 radical (unpaired) electrons. The third kappa shape index (κ3) is 4.93. The minimum Gasteiger partial charge on any atom is -0.324 e. The molecule has 0 unspecified atom stereocenters. The predicted octanol–water partition coefficient (Wildman–Crippen LogP) is 3.99. The summed E-state index contributed by atoms with van der Waals surface area (Å²) in [6.07, 6.45) is 0. The van der Waals surface area contributed by atoms with Gasteiger partial charge in [-0.3, -0.25) is 9.69 Å². The van der Waals surface area contributed by atoms with E-state index in [4.69, 9.17) is 0 Å². The van der Waals surface area contributed by atoms with E-state index in [9.17, 15) is 4.79 Å². The lowest BCUT2D eigenvalue weighted by molar-refractivity contribution is -0.117. The maximum Gasteiger partial charge on any atom is 0.238 e. The zero-order chi connectivity index (χ0) is 17.0. The zero-order valence-electron chi connectivity index (χ0n) is 14.7. The van der Waals surface area contributed by atoms with Crippen LogP contribution in [-0.4, -0.2) is 24.4 Å². The van der Waals surface area contributed by atoms with Gasteiger partial charge in [0.1, 0.15) is 0 Å². The van der Waals surface area contributed by atoms with Gasteiger partial charge in [0.15, 0.2) is 0 Å². The fraction of sp³-hybridized carbons (Fsp3) is 0.350. The molecule has 0 aromatic heterocycles. The van der Waals surface area contributed by atoms with E-state index in [2.05, 4.69) is 55.6 Å². The van der Waals surface area contributed by atoms with Crippen LogP contribution in [0.1, 0.15) is 27.8 Å². The monoisotopic (exact) mass is 310 g/mol. The van der Waals surface area contributed by atoms with Crippen molar-refractivity contribution in [3.05, 3.63) is 64.2 Å².